The summed E-state index contributed by atoms with van der Waals surface area (Å²) in [5.41, 5.74) is 0.748. The number of hydrogen-bond donors (Lipinski definition) is 0. The molecule has 0 aliphatic carbocycles. The first-order chi connectivity index (χ1) is 11.7. The Morgan fingerprint density at radius 1 is 0.958 bits per heavy atom. The number of aromatic nitrogens is 2. The highest BCUT2D eigenvalue weighted by molar-refractivity contribution is 14.1. The molecule has 24 heavy (non-hydrogen) atoms. The van der Waals surface area contributed by atoms with E-state index < -0.39 is 0 Å². The number of nitrogens with zero attached hydrogens (tertiary/aromatic N) is 2. The van der Waals surface area contributed by atoms with Crippen molar-refractivity contribution in [2.45, 2.75) is 13.8 Å². The van der Waals surface area contributed by atoms with E-state index >= 15 is 0 Å². The molecule has 2 aromatic carbocycles. The van der Waals surface area contributed by atoms with Crippen molar-refractivity contribution in [3.05, 3.63) is 46.3 Å². The van der Waals surface area contributed by atoms with E-state index in [2.05, 4.69) is 32.6 Å². The number of rotatable bonds is 6. The smallest absolute Gasteiger partial charge is 0.230 e. The number of benzene rings is 2. The van der Waals surface area contributed by atoms with Gasteiger partial charge in [-0.25, -0.2) is 9.97 Å². The Hall–Kier alpha value is -2.09. The molecule has 0 amide bonds. The summed E-state index contributed by atoms with van der Waals surface area (Å²) >= 11 is 2.25. The van der Waals surface area contributed by atoms with Crippen molar-refractivity contribution in [1.82, 2.24) is 9.97 Å². The van der Waals surface area contributed by atoms with Crippen molar-refractivity contribution in [2.24, 2.45) is 0 Å². The van der Waals surface area contributed by atoms with E-state index in [9.17, 15) is 0 Å². The van der Waals surface area contributed by atoms with Crippen LogP contribution >= 0.6 is 22.6 Å². The van der Waals surface area contributed by atoms with Crippen LogP contribution in [0.25, 0.3) is 10.9 Å². The molecule has 0 spiro atoms. The molecule has 0 N–H and O–H groups in total. The molecule has 0 radical (unpaired) electrons. The van der Waals surface area contributed by atoms with Crippen molar-refractivity contribution in [3.8, 4) is 23.1 Å². The van der Waals surface area contributed by atoms with Gasteiger partial charge < -0.3 is 14.2 Å². The maximum Gasteiger partial charge on any atom is 0.230 e. The zero-order valence-electron chi connectivity index (χ0n) is 13.5. The molecule has 5 nitrogen and oxygen atoms in total. The Bertz CT molecular complexity index is 855. The number of fused-ring (bicyclic) bond motifs is 1. The SMILES string of the molecule is CCOc1cc2ncnc(Oc3cccc(I)c3)c2cc1OCC. The van der Waals surface area contributed by atoms with Gasteiger partial charge in [0.15, 0.2) is 11.5 Å². The lowest BCUT2D eigenvalue weighted by Crippen LogP contribution is -2.00. The predicted octanol–water partition coefficient (Wildman–Crippen LogP) is 4.82. The van der Waals surface area contributed by atoms with Gasteiger partial charge >= 0.3 is 0 Å². The summed E-state index contributed by atoms with van der Waals surface area (Å²) in [6, 6.07) is 11.5. The second-order valence-corrected chi connectivity index (χ2v) is 6.17. The van der Waals surface area contributed by atoms with Crippen LogP contribution in [0.15, 0.2) is 42.7 Å². The van der Waals surface area contributed by atoms with Crippen LogP contribution in [0.3, 0.4) is 0 Å². The Morgan fingerprint density at radius 2 is 1.71 bits per heavy atom. The summed E-state index contributed by atoms with van der Waals surface area (Å²) in [5, 5.41) is 0.781. The molecule has 1 heterocycles. The maximum atomic E-state index is 5.95. The summed E-state index contributed by atoms with van der Waals surface area (Å²) < 4.78 is 18.4. The third kappa shape index (κ3) is 3.69. The van der Waals surface area contributed by atoms with Crippen LogP contribution < -0.4 is 14.2 Å². The minimum Gasteiger partial charge on any atom is -0.490 e. The lowest BCUT2D eigenvalue weighted by molar-refractivity contribution is 0.288. The first-order valence-corrected chi connectivity index (χ1v) is 8.77. The van der Waals surface area contributed by atoms with Gasteiger partial charge in [0.25, 0.3) is 0 Å². The lowest BCUT2D eigenvalue weighted by atomic mass is 10.2. The van der Waals surface area contributed by atoms with Crippen LogP contribution in [-0.4, -0.2) is 23.2 Å². The molecular weight excluding hydrogens is 419 g/mol. The van der Waals surface area contributed by atoms with Gasteiger partial charge in [-0.1, -0.05) is 6.07 Å². The maximum absolute atomic E-state index is 5.95. The van der Waals surface area contributed by atoms with Gasteiger partial charge in [0.1, 0.15) is 12.1 Å². The average molecular weight is 436 g/mol. The van der Waals surface area contributed by atoms with Crippen molar-refractivity contribution in [1.29, 1.82) is 0 Å². The average Bonchev–Trinajstić information content (AvgIpc) is 2.56. The molecule has 0 bridgehead atoms. The highest BCUT2D eigenvalue weighted by atomic mass is 127. The van der Waals surface area contributed by atoms with Crippen LogP contribution in [-0.2, 0) is 0 Å². The molecule has 0 unspecified atom stereocenters. The van der Waals surface area contributed by atoms with Gasteiger partial charge in [0.2, 0.25) is 5.88 Å². The van der Waals surface area contributed by atoms with Gasteiger partial charge in [-0.15, -0.1) is 0 Å². The molecule has 0 saturated carbocycles. The fourth-order valence-corrected chi connectivity index (χ4v) is 2.81. The van der Waals surface area contributed by atoms with Gasteiger partial charge in [-0.3, -0.25) is 0 Å². The third-order valence-corrected chi connectivity index (χ3v) is 3.95. The van der Waals surface area contributed by atoms with Crippen LogP contribution in [0, 0.1) is 3.57 Å². The van der Waals surface area contributed by atoms with E-state index in [4.69, 9.17) is 14.2 Å². The molecule has 124 valence electrons. The second-order valence-electron chi connectivity index (χ2n) is 4.92. The lowest BCUT2D eigenvalue weighted by Gasteiger charge is -2.13. The van der Waals surface area contributed by atoms with Crippen molar-refractivity contribution >= 4 is 33.5 Å². The van der Waals surface area contributed by atoms with Gasteiger partial charge in [0.05, 0.1) is 24.1 Å². The Labute approximate surface area is 154 Å². The summed E-state index contributed by atoms with van der Waals surface area (Å²) in [5.74, 6) is 2.56. The van der Waals surface area contributed by atoms with Gasteiger partial charge in [-0.2, -0.15) is 0 Å². The van der Waals surface area contributed by atoms with E-state index in [-0.39, 0.29) is 0 Å². The topological polar surface area (TPSA) is 53.5 Å². The molecule has 0 fully saturated rings. The first kappa shape index (κ1) is 16.8. The number of halogens is 1. The molecule has 0 saturated heterocycles. The molecular formula is C18H17IN2O3. The highest BCUT2D eigenvalue weighted by Gasteiger charge is 2.13. The summed E-state index contributed by atoms with van der Waals surface area (Å²) in [6.07, 6.45) is 1.49. The summed E-state index contributed by atoms with van der Waals surface area (Å²) in [4.78, 5) is 8.59. The van der Waals surface area contributed by atoms with Gasteiger partial charge in [0, 0.05) is 9.64 Å². The van der Waals surface area contributed by atoms with E-state index in [1.165, 1.54) is 6.33 Å². The summed E-state index contributed by atoms with van der Waals surface area (Å²) in [7, 11) is 0. The quantitative estimate of drug-likeness (QED) is 0.519. The van der Waals surface area contributed by atoms with Crippen LogP contribution in [0.5, 0.6) is 23.1 Å². The molecule has 3 rings (SSSR count). The monoisotopic (exact) mass is 436 g/mol. The standard InChI is InChI=1S/C18H17IN2O3/c1-3-22-16-9-14-15(10-17(16)23-4-2)20-11-21-18(14)24-13-7-5-6-12(19)8-13/h5-11H,3-4H2,1-2H3. The zero-order valence-corrected chi connectivity index (χ0v) is 15.6. The Morgan fingerprint density at radius 3 is 2.42 bits per heavy atom. The third-order valence-electron chi connectivity index (χ3n) is 3.27. The van der Waals surface area contributed by atoms with Crippen LogP contribution in [0.2, 0.25) is 0 Å². The second kappa shape index (κ2) is 7.65. The van der Waals surface area contributed by atoms with Crippen molar-refractivity contribution in [3.63, 3.8) is 0 Å². The van der Waals surface area contributed by atoms with E-state index in [1.807, 2.05) is 50.2 Å². The predicted molar refractivity (Wildman–Crippen MR) is 101 cm³/mol. The zero-order chi connectivity index (χ0) is 16.9. The fraction of sp³-hybridized carbons (Fsp3) is 0.222. The van der Waals surface area contributed by atoms with Gasteiger partial charge in [-0.05, 0) is 60.7 Å². The molecule has 3 aromatic rings. The molecule has 0 aliphatic heterocycles. The Kier molecular flexibility index (Phi) is 5.34. The first-order valence-electron chi connectivity index (χ1n) is 7.69. The fourth-order valence-electron chi connectivity index (χ4n) is 2.30. The number of ether oxygens (including phenoxy) is 3. The molecule has 0 atom stereocenters. The largest absolute Gasteiger partial charge is 0.490 e. The number of hydrogen-bond acceptors (Lipinski definition) is 5. The Balaban J connectivity index is 2.06. The molecule has 0 aliphatic rings. The normalized spacial score (nSPS) is 10.6. The van der Waals surface area contributed by atoms with E-state index in [1.54, 1.807) is 0 Å². The summed E-state index contributed by atoms with van der Waals surface area (Å²) in [6.45, 7) is 4.98. The molecule has 6 heteroatoms. The highest BCUT2D eigenvalue weighted by Crippen LogP contribution is 2.36. The van der Waals surface area contributed by atoms with E-state index in [0.29, 0.717) is 30.6 Å². The molecule has 1 aromatic heterocycles. The van der Waals surface area contributed by atoms with Crippen LogP contribution in [0.1, 0.15) is 13.8 Å². The van der Waals surface area contributed by atoms with Crippen LogP contribution in [0.4, 0.5) is 0 Å². The van der Waals surface area contributed by atoms with Crippen molar-refractivity contribution < 1.29 is 14.2 Å². The van der Waals surface area contributed by atoms with Crippen molar-refractivity contribution in [2.75, 3.05) is 13.2 Å². The minimum atomic E-state index is 0.492. The minimum absolute atomic E-state index is 0.492. The van der Waals surface area contributed by atoms with E-state index in [0.717, 1.165) is 20.2 Å².